The molecule has 0 saturated carbocycles. The fourth-order valence-electron chi connectivity index (χ4n) is 3.08. The first-order valence-corrected chi connectivity index (χ1v) is 8.03. The smallest absolute Gasteiger partial charge is 0.0433 e. The Morgan fingerprint density at radius 1 is 0.714 bits per heavy atom. The molecule has 3 aromatic carbocycles. The van der Waals surface area contributed by atoms with Crippen LogP contribution in [0, 0.1) is 13.8 Å². The molecule has 0 saturated heterocycles. The van der Waals surface area contributed by atoms with Crippen molar-refractivity contribution in [3.05, 3.63) is 71.8 Å². The number of benzene rings is 3. The SMILES string of the molecule is Cc1ccc(-c2cccc3c2sc2ccccc23)c(C)c1. The molecule has 0 aliphatic carbocycles. The Balaban J connectivity index is 2.09. The highest BCUT2D eigenvalue weighted by Crippen LogP contribution is 2.40. The fraction of sp³-hybridized carbons (Fsp3) is 0.100. The zero-order valence-electron chi connectivity index (χ0n) is 12.2. The normalized spacial score (nSPS) is 11.3. The molecule has 1 heterocycles. The lowest BCUT2D eigenvalue weighted by Gasteiger charge is -2.08. The van der Waals surface area contributed by atoms with Gasteiger partial charge in [-0.15, -0.1) is 11.3 Å². The largest absolute Gasteiger partial charge is 0.135 e. The summed E-state index contributed by atoms with van der Waals surface area (Å²) in [4.78, 5) is 0. The lowest BCUT2D eigenvalue weighted by atomic mass is 9.97. The maximum atomic E-state index is 2.27. The van der Waals surface area contributed by atoms with Gasteiger partial charge in [0.25, 0.3) is 0 Å². The lowest BCUT2D eigenvalue weighted by Crippen LogP contribution is -1.84. The van der Waals surface area contributed by atoms with Crippen molar-refractivity contribution in [2.45, 2.75) is 13.8 Å². The number of hydrogen-bond donors (Lipinski definition) is 0. The highest BCUT2D eigenvalue weighted by Gasteiger charge is 2.11. The van der Waals surface area contributed by atoms with Crippen molar-refractivity contribution in [1.29, 1.82) is 0 Å². The van der Waals surface area contributed by atoms with E-state index in [1.54, 1.807) is 0 Å². The first kappa shape index (κ1) is 12.6. The number of rotatable bonds is 1. The molecule has 1 heteroatoms. The van der Waals surface area contributed by atoms with E-state index in [1.165, 1.54) is 42.4 Å². The van der Waals surface area contributed by atoms with E-state index in [-0.39, 0.29) is 0 Å². The van der Waals surface area contributed by atoms with Crippen LogP contribution in [-0.2, 0) is 0 Å². The maximum absolute atomic E-state index is 2.27. The maximum Gasteiger partial charge on any atom is 0.0433 e. The first-order chi connectivity index (χ1) is 10.2. The van der Waals surface area contributed by atoms with Crippen molar-refractivity contribution in [2.75, 3.05) is 0 Å². The molecule has 0 fully saturated rings. The van der Waals surface area contributed by atoms with Crippen LogP contribution in [0.4, 0.5) is 0 Å². The molecule has 0 aliphatic heterocycles. The van der Waals surface area contributed by atoms with Gasteiger partial charge < -0.3 is 0 Å². The summed E-state index contributed by atoms with van der Waals surface area (Å²) in [6, 6.07) is 22.1. The van der Waals surface area contributed by atoms with Crippen molar-refractivity contribution in [3.8, 4) is 11.1 Å². The summed E-state index contributed by atoms with van der Waals surface area (Å²) in [5.41, 5.74) is 5.36. The van der Waals surface area contributed by atoms with Gasteiger partial charge in [-0.3, -0.25) is 0 Å². The van der Waals surface area contributed by atoms with Crippen LogP contribution in [0.3, 0.4) is 0 Å². The van der Waals surface area contributed by atoms with Crippen LogP contribution in [0.1, 0.15) is 11.1 Å². The second-order valence-corrected chi connectivity index (χ2v) is 6.65. The van der Waals surface area contributed by atoms with Crippen molar-refractivity contribution in [2.24, 2.45) is 0 Å². The van der Waals surface area contributed by atoms with Crippen LogP contribution in [0.5, 0.6) is 0 Å². The number of hydrogen-bond acceptors (Lipinski definition) is 1. The van der Waals surface area contributed by atoms with E-state index >= 15 is 0 Å². The van der Waals surface area contributed by atoms with Gasteiger partial charge in [-0.1, -0.05) is 60.2 Å². The molecule has 0 amide bonds. The summed E-state index contributed by atoms with van der Waals surface area (Å²) in [6.45, 7) is 4.35. The van der Waals surface area contributed by atoms with Gasteiger partial charge in [0.05, 0.1) is 0 Å². The van der Waals surface area contributed by atoms with Crippen LogP contribution >= 0.6 is 11.3 Å². The topological polar surface area (TPSA) is 0 Å². The Morgan fingerprint density at radius 2 is 1.52 bits per heavy atom. The molecule has 0 aliphatic rings. The van der Waals surface area contributed by atoms with Gasteiger partial charge in [0.1, 0.15) is 0 Å². The summed E-state index contributed by atoms with van der Waals surface area (Å²) in [7, 11) is 0. The van der Waals surface area contributed by atoms with Crippen molar-refractivity contribution in [1.82, 2.24) is 0 Å². The van der Waals surface area contributed by atoms with Crippen molar-refractivity contribution < 1.29 is 0 Å². The van der Waals surface area contributed by atoms with Crippen LogP contribution in [0.15, 0.2) is 60.7 Å². The predicted octanol–water partition coefficient (Wildman–Crippen LogP) is 6.34. The highest BCUT2D eigenvalue weighted by molar-refractivity contribution is 7.26. The predicted molar refractivity (Wildman–Crippen MR) is 94.2 cm³/mol. The Bertz CT molecular complexity index is 960. The summed E-state index contributed by atoms with van der Waals surface area (Å²) in [5, 5.41) is 2.73. The Hall–Kier alpha value is -2.12. The molecule has 0 bridgehead atoms. The molecule has 102 valence electrons. The minimum atomic E-state index is 1.32. The summed E-state index contributed by atoms with van der Waals surface area (Å²) >= 11 is 1.90. The molecule has 0 N–H and O–H groups in total. The Labute approximate surface area is 128 Å². The van der Waals surface area contributed by atoms with Crippen LogP contribution < -0.4 is 0 Å². The van der Waals surface area contributed by atoms with Gasteiger partial charge in [-0.05, 0) is 36.6 Å². The molecule has 0 spiro atoms. The van der Waals surface area contributed by atoms with Gasteiger partial charge in [0.15, 0.2) is 0 Å². The summed E-state index contributed by atoms with van der Waals surface area (Å²) in [5.74, 6) is 0. The molecule has 0 radical (unpaired) electrons. The summed E-state index contributed by atoms with van der Waals surface area (Å²) in [6.07, 6.45) is 0. The van der Waals surface area contributed by atoms with Gasteiger partial charge >= 0.3 is 0 Å². The highest BCUT2D eigenvalue weighted by atomic mass is 32.1. The lowest BCUT2D eigenvalue weighted by molar-refractivity contribution is 1.39. The van der Waals surface area contributed by atoms with Gasteiger partial charge in [-0.25, -0.2) is 0 Å². The summed E-state index contributed by atoms with van der Waals surface area (Å²) < 4.78 is 2.76. The van der Waals surface area contributed by atoms with E-state index in [4.69, 9.17) is 0 Å². The molecule has 21 heavy (non-hydrogen) atoms. The van der Waals surface area contributed by atoms with Crippen LogP contribution in [0.2, 0.25) is 0 Å². The molecular weight excluding hydrogens is 272 g/mol. The molecule has 0 nitrogen and oxygen atoms in total. The molecule has 4 rings (SSSR count). The first-order valence-electron chi connectivity index (χ1n) is 7.22. The van der Waals surface area contributed by atoms with E-state index in [0.717, 1.165) is 0 Å². The Kier molecular flexibility index (Phi) is 2.83. The van der Waals surface area contributed by atoms with Crippen LogP contribution in [-0.4, -0.2) is 0 Å². The second-order valence-electron chi connectivity index (χ2n) is 5.60. The average molecular weight is 288 g/mol. The molecular formula is C20H16S. The van der Waals surface area contributed by atoms with Crippen molar-refractivity contribution >= 4 is 31.5 Å². The van der Waals surface area contributed by atoms with E-state index in [2.05, 4.69) is 74.5 Å². The van der Waals surface area contributed by atoms with Crippen LogP contribution in [0.25, 0.3) is 31.3 Å². The second kappa shape index (κ2) is 4.71. The van der Waals surface area contributed by atoms with E-state index in [1.807, 2.05) is 11.3 Å². The number of fused-ring (bicyclic) bond motifs is 3. The molecule has 1 aromatic heterocycles. The molecule has 0 unspecified atom stereocenters. The van der Waals surface area contributed by atoms with Gasteiger partial charge in [-0.2, -0.15) is 0 Å². The fourth-order valence-corrected chi connectivity index (χ4v) is 4.31. The van der Waals surface area contributed by atoms with Gasteiger partial charge in [0.2, 0.25) is 0 Å². The minimum absolute atomic E-state index is 1.32. The van der Waals surface area contributed by atoms with Crippen molar-refractivity contribution in [3.63, 3.8) is 0 Å². The average Bonchev–Trinajstić information content (AvgIpc) is 2.86. The molecule has 0 atom stereocenters. The third-order valence-electron chi connectivity index (χ3n) is 4.08. The monoisotopic (exact) mass is 288 g/mol. The van der Waals surface area contributed by atoms with E-state index in [0.29, 0.717) is 0 Å². The zero-order chi connectivity index (χ0) is 14.4. The number of aryl methyl sites for hydroxylation is 2. The quantitative estimate of drug-likeness (QED) is 0.383. The number of thiophene rings is 1. The van der Waals surface area contributed by atoms with E-state index in [9.17, 15) is 0 Å². The standard InChI is InChI=1S/C20H16S/c1-13-10-11-15(14(2)12-13)17-7-5-8-18-16-6-3-4-9-19(16)21-20(17)18/h3-12H,1-2H3. The molecule has 4 aromatic rings. The third-order valence-corrected chi connectivity index (χ3v) is 5.30. The minimum Gasteiger partial charge on any atom is -0.135 e. The Morgan fingerprint density at radius 3 is 2.38 bits per heavy atom. The van der Waals surface area contributed by atoms with Gasteiger partial charge in [0, 0.05) is 20.2 Å². The van der Waals surface area contributed by atoms with E-state index < -0.39 is 0 Å². The third kappa shape index (κ3) is 1.97. The zero-order valence-corrected chi connectivity index (χ0v) is 13.0.